The number of nitrogens with one attached hydrogen (secondary N) is 1. The van der Waals surface area contributed by atoms with Crippen molar-refractivity contribution in [1.29, 1.82) is 0 Å². The van der Waals surface area contributed by atoms with Gasteiger partial charge >= 0.3 is 0 Å². The van der Waals surface area contributed by atoms with Crippen molar-refractivity contribution in [3.05, 3.63) is 52.4 Å². The van der Waals surface area contributed by atoms with E-state index in [9.17, 15) is 17.2 Å². The maximum absolute atomic E-state index is 13.6. The first-order valence-electron chi connectivity index (χ1n) is 5.57. The lowest BCUT2D eigenvalue weighted by molar-refractivity contribution is 0.504. The van der Waals surface area contributed by atoms with Crippen molar-refractivity contribution >= 4 is 26.0 Å². The van der Waals surface area contributed by atoms with Crippen LogP contribution in [0.4, 0.5) is 8.78 Å². The summed E-state index contributed by atoms with van der Waals surface area (Å²) < 4.78 is 57.6. The third kappa shape index (κ3) is 3.44. The summed E-state index contributed by atoms with van der Waals surface area (Å²) in [6, 6.07) is 4.79. The molecule has 1 heterocycles. The molecule has 0 unspecified atom stereocenters. The van der Waals surface area contributed by atoms with E-state index in [-0.39, 0.29) is 11.0 Å². The molecule has 0 saturated carbocycles. The fourth-order valence-corrected chi connectivity index (χ4v) is 3.82. The van der Waals surface area contributed by atoms with E-state index < -0.39 is 26.6 Å². The molecule has 1 aromatic heterocycles. The lowest BCUT2D eigenvalue weighted by Crippen LogP contribution is -2.27. The molecule has 0 amide bonds. The SMILES string of the molecule is O=S(=O)(NCCc1ccco1)c1c(F)cc(F)cc1Br. The Bertz CT molecular complexity index is 678. The normalized spacial score (nSPS) is 11.8. The summed E-state index contributed by atoms with van der Waals surface area (Å²) in [5.74, 6) is -1.40. The van der Waals surface area contributed by atoms with Gasteiger partial charge in [0.25, 0.3) is 0 Å². The Hall–Kier alpha value is -1.25. The average molecular weight is 366 g/mol. The molecule has 8 heteroatoms. The van der Waals surface area contributed by atoms with Gasteiger partial charge < -0.3 is 4.42 Å². The fourth-order valence-electron chi connectivity index (χ4n) is 1.62. The van der Waals surface area contributed by atoms with Crippen molar-refractivity contribution in [3.63, 3.8) is 0 Å². The molecule has 20 heavy (non-hydrogen) atoms. The summed E-state index contributed by atoms with van der Waals surface area (Å²) in [4.78, 5) is -0.613. The van der Waals surface area contributed by atoms with Gasteiger partial charge in [-0.3, -0.25) is 0 Å². The molecule has 0 spiro atoms. The molecule has 0 aliphatic heterocycles. The molecule has 1 aromatic carbocycles. The third-order valence-electron chi connectivity index (χ3n) is 2.48. The van der Waals surface area contributed by atoms with Gasteiger partial charge in [-0.2, -0.15) is 0 Å². The number of hydrogen-bond acceptors (Lipinski definition) is 3. The minimum atomic E-state index is -4.07. The van der Waals surface area contributed by atoms with Crippen LogP contribution >= 0.6 is 15.9 Å². The van der Waals surface area contributed by atoms with Crippen LogP contribution < -0.4 is 4.72 Å². The molecule has 0 saturated heterocycles. The molecule has 4 nitrogen and oxygen atoms in total. The first kappa shape index (κ1) is 15.1. The summed E-state index contributed by atoms with van der Waals surface area (Å²) in [6.45, 7) is 0.0408. The van der Waals surface area contributed by atoms with Crippen molar-refractivity contribution in [3.8, 4) is 0 Å². The molecular formula is C12H10BrF2NO3S. The highest BCUT2D eigenvalue weighted by Crippen LogP contribution is 2.26. The van der Waals surface area contributed by atoms with E-state index in [1.165, 1.54) is 6.26 Å². The lowest BCUT2D eigenvalue weighted by atomic mass is 10.3. The van der Waals surface area contributed by atoms with Crippen molar-refractivity contribution in [1.82, 2.24) is 4.72 Å². The van der Waals surface area contributed by atoms with E-state index in [0.717, 1.165) is 6.07 Å². The van der Waals surface area contributed by atoms with Crippen LogP contribution in [0.15, 0.2) is 44.3 Å². The van der Waals surface area contributed by atoms with Gasteiger partial charge in [-0.15, -0.1) is 0 Å². The highest BCUT2D eigenvalue weighted by atomic mass is 79.9. The van der Waals surface area contributed by atoms with Crippen LogP contribution in [0.5, 0.6) is 0 Å². The molecule has 0 atom stereocenters. The highest BCUT2D eigenvalue weighted by molar-refractivity contribution is 9.10. The molecule has 2 aromatic rings. The van der Waals surface area contributed by atoms with Crippen molar-refractivity contribution in [2.24, 2.45) is 0 Å². The van der Waals surface area contributed by atoms with Crippen LogP contribution in [-0.2, 0) is 16.4 Å². The Morgan fingerprint density at radius 2 is 2.05 bits per heavy atom. The monoisotopic (exact) mass is 365 g/mol. The number of furan rings is 1. The summed E-state index contributed by atoms with van der Waals surface area (Å²) in [5.41, 5.74) is 0. The van der Waals surface area contributed by atoms with Gasteiger partial charge in [-0.1, -0.05) is 0 Å². The Morgan fingerprint density at radius 3 is 2.65 bits per heavy atom. The maximum atomic E-state index is 13.6. The summed E-state index contributed by atoms with van der Waals surface area (Å²) in [5, 5.41) is 0. The first-order valence-corrected chi connectivity index (χ1v) is 7.84. The zero-order valence-electron chi connectivity index (χ0n) is 10.1. The minimum absolute atomic E-state index is 0.0408. The molecule has 0 aliphatic carbocycles. The summed E-state index contributed by atoms with van der Waals surface area (Å²) >= 11 is 2.85. The lowest BCUT2D eigenvalue weighted by Gasteiger charge is -2.09. The van der Waals surface area contributed by atoms with Gasteiger partial charge in [0.2, 0.25) is 10.0 Å². The topological polar surface area (TPSA) is 59.3 Å². The van der Waals surface area contributed by atoms with Gasteiger partial charge in [-0.25, -0.2) is 21.9 Å². The summed E-state index contributed by atoms with van der Waals surface area (Å²) in [6.07, 6.45) is 1.80. The minimum Gasteiger partial charge on any atom is -0.469 e. The molecule has 0 aliphatic rings. The van der Waals surface area contributed by atoms with E-state index in [1.807, 2.05) is 0 Å². The van der Waals surface area contributed by atoms with E-state index in [2.05, 4.69) is 20.7 Å². The van der Waals surface area contributed by atoms with Gasteiger partial charge in [0, 0.05) is 23.5 Å². The largest absolute Gasteiger partial charge is 0.469 e. The van der Waals surface area contributed by atoms with Crippen LogP contribution in [0.2, 0.25) is 0 Å². The van der Waals surface area contributed by atoms with Crippen LogP contribution in [0.3, 0.4) is 0 Å². The van der Waals surface area contributed by atoms with Crippen LogP contribution in [0.25, 0.3) is 0 Å². The highest BCUT2D eigenvalue weighted by Gasteiger charge is 2.23. The average Bonchev–Trinajstić information content (AvgIpc) is 2.79. The zero-order chi connectivity index (χ0) is 14.8. The van der Waals surface area contributed by atoms with Gasteiger partial charge in [0.05, 0.1) is 6.26 Å². The van der Waals surface area contributed by atoms with Gasteiger partial charge in [-0.05, 0) is 34.1 Å². The molecule has 1 N–H and O–H groups in total. The third-order valence-corrected chi connectivity index (χ3v) is 4.90. The number of hydrogen-bond donors (Lipinski definition) is 1. The first-order chi connectivity index (χ1) is 9.40. The molecule has 0 radical (unpaired) electrons. The standard InChI is InChI=1S/C12H10BrF2NO3S/c13-10-6-8(14)7-11(15)12(10)20(17,18)16-4-3-9-2-1-5-19-9/h1-2,5-7,16H,3-4H2. The maximum Gasteiger partial charge on any atom is 0.244 e. The van der Waals surface area contributed by atoms with Crippen LogP contribution in [0, 0.1) is 11.6 Å². The number of rotatable bonds is 5. The second kappa shape index (κ2) is 6.02. The zero-order valence-corrected chi connectivity index (χ0v) is 12.5. The smallest absolute Gasteiger partial charge is 0.244 e. The number of sulfonamides is 1. The Labute approximate surface area is 123 Å². The predicted octanol–water partition coefficient (Wildman–Crippen LogP) is 2.84. The molecule has 0 bridgehead atoms. The van der Waals surface area contributed by atoms with Crippen molar-refractivity contribution < 1.29 is 21.6 Å². The van der Waals surface area contributed by atoms with Crippen LogP contribution in [0.1, 0.15) is 5.76 Å². The Kier molecular flexibility index (Phi) is 4.56. The quantitative estimate of drug-likeness (QED) is 0.886. The van der Waals surface area contributed by atoms with Crippen LogP contribution in [-0.4, -0.2) is 15.0 Å². The van der Waals surface area contributed by atoms with E-state index >= 15 is 0 Å². The Morgan fingerprint density at radius 1 is 1.30 bits per heavy atom. The second-order valence-corrected chi connectivity index (χ2v) is 6.48. The van der Waals surface area contributed by atoms with E-state index in [0.29, 0.717) is 18.2 Å². The fraction of sp³-hybridized carbons (Fsp3) is 0.167. The number of benzene rings is 1. The summed E-state index contributed by atoms with van der Waals surface area (Å²) in [7, 11) is -4.07. The molecule has 108 valence electrons. The van der Waals surface area contributed by atoms with Gasteiger partial charge in [0.1, 0.15) is 22.3 Å². The molecular weight excluding hydrogens is 356 g/mol. The Balaban J connectivity index is 2.14. The van der Waals surface area contributed by atoms with Crippen molar-refractivity contribution in [2.45, 2.75) is 11.3 Å². The van der Waals surface area contributed by atoms with E-state index in [4.69, 9.17) is 4.42 Å². The second-order valence-electron chi connectivity index (χ2n) is 3.93. The predicted molar refractivity (Wildman–Crippen MR) is 71.7 cm³/mol. The molecule has 0 fully saturated rings. The number of halogens is 3. The van der Waals surface area contributed by atoms with Crippen molar-refractivity contribution in [2.75, 3.05) is 6.54 Å². The molecule has 2 rings (SSSR count). The van der Waals surface area contributed by atoms with Gasteiger partial charge in [0.15, 0.2) is 0 Å². The van der Waals surface area contributed by atoms with E-state index in [1.54, 1.807) is 12.1 Å².